The molecule has 1 heterocycles. The fraction of sp³-hybridized carbons (Fsp3) is 0.227. The Kier molecular flexibility index (Phi) is 7.03. The maximum absolute atomic E-state index is 13.2. The standard InChI is InChI=1S/C22H20ClFN4OS/c1-4-9-28(3)13-26-19-11-18(23)20(10-14(19)2)29-22-17(12-25)21(27-30-22)15-5-7-16(24)8-6-15/h5-8,10-11,13H,4,9H2,1-3H3. The number of nitriles is 1. The second kappa shape index (κ2) is 9.70. The highest BCUT2D eigenvalue weighted by atomic mass is 35.5. The molecule has 0 unspecified atom stereocenters. The van der Waals surface area contributed by atoms with E-state index in [1.807, 2.05) is 18.9 Å². The van der Waals surface area contributed by atoms with Gasteiger partial charge in [0.25, 0.3) is 0 Å². The fourth-order valence-electron chi connectivity index (χ4n) is 2.78. The molecular formula is C22H20ClFN4OS. The maximum Gasteiger partial charge on any atom is 0.218 e. The number of aliphatic imine (C=N–C) groups is 1. The van der Waals surface area contributed by atoms with Crippen molar-refractivity contribution >= 4 is 35.2 Å². The number of ether oxygens (including phenoxy) is 1. The Bertz CT molecular complexity index is 1110. The molecule has 0 fully saturated rings. The van der Waals surface area contributed by atoms with Crippen LogP contribution in [0.1, 0.15) is 24.5 Å². The van der Waals surface area contributed by atoms with Crippen LogP contribution in [0.2, 0.25) is 5.02 Å². The van der Waals surface area contributed by atoms with Gasteiger partial charge in [-0.25, -0.2) is 9.38 Å². The first-order valence-corrected chi connectivity index (χ1v) is 10.5. The van der Waals surface area contributed by atoms with Crippen molar-refractivity contribution < 1.29 is 9.13 Å². The van der Waals surface area contributed by atoms with E-state index in [0.717, 1.165) is 35.7 Å². The van der Waals surface area contributed by atoms with Gasteiger partial charge in [-0.3, -0.25) is 0 Å². The molecule has 0 aliphatic carbocycles. The smallest absolute Gasteiger partial charge is 0.218 e. The first-order chi connectivity index (χ1) is 14.4. The second-order valence-corrected chi connectivity index (χ2v) is 7.85. The molecule has 30 heavy (non-hydrogen) atoms. The van der Waals surface area contributed by atoms with Crippen molar-refractivity contribution in [1.29, 1.82) is 5.26 Å². The third-order valence-electron chi connectivity index (χ3n) is 4.31. The summed E-state index contributed by atoms with van der Waals surface area (Å²) in [7, 11) is 1.97. The molecule has 3 aromatic rings. The van der Waals surface area contributed by atoms with Crippen LogP contribution in [0.4, 0.5) is 10.1 Å². The molecule has 0 saturated heterocycles. The van der Waals surface area contributed by atoms with E-state index in [9.17, 15) is 9.65 Å². The summed E-state index contributed by atoms with van der Waals surface area (Å²) in [6, 6.07) is 11.5. The average Bonchev–Trinajstić information content (AvgIpc) is 3.12. The molecule has 5 nitrogen and oxygen atoms in total. The number of nitrogens with zero attached hydrogens (tertiary/aromatic N) is 4. The van der Waals surface area contributed by atoms with Crippen molar-refractivity contribution in [2.75, 3.05) is 13.6 Å². The van der Waals surface area contributed by atoms with E-state index < -0.39 is 0 Å². The minimum absolute atomic E-state index is 0.281. The zero-order chi connectivity index (χ0) is 21.7. The molecule has 0 amide bonds. The number of aromatic nitrogens is 1. The molecule has 0 radical (unpaired) electrons. The lowest BCUT2D eigenvalue weighted by Gasteiger charge is -2.12. The summed E-state index contributed by atoms with van der Waals surface area (Å²) in [5.41, 5.74) is 3.00. The number of benzene rings is 2. The van der Waals surface area contributed by atoms with Gasteiger partial charge in [-0.15, -0.1) is 0 Å². The van der Waals surface area contributed by atoms with Crippen LogP contribution >= 0.6 is 23.1 Å². The number of hydrogen-bond acceptors (Lipinski definition) is 5. The summed E-state index contributed by atoms with van der Waals surface area (Å²) in [5.74, 6) is 0.0655. The second-order valence-electron chi connectivity index (χ2n) is 6.71. The molecule has 3 rings (SSSR count). The van der Waals surface area contributed by atoms with E-state index in [0.29, 0.717) is 27.1 Å². The summed E-state index contributed by atoms with van der Waals surface area (Å²) in [5, 5.41) is 10.3. The highest BCUT2D eigenvalue weighted by Crippen LogP contribution is 2.40. The largest absolute Gasteiger partial charge is 0.442 e. The maximum atomic E-state index is 13.2. The predicted molar refractivity (Wildman–Crippen MR) is 120 cm³/mol. The molecule has 8 heteroatoms. The van der Waals surface area contributed by atoms with Gasteiger partial charge in [-0.1, -0.05) is 18.5 Å². The van der Waals surface area contributed by atoms with Crippen molar-refractivity contribution in [3.63, 3.8) is 0 Å². The fourth-order valence-corrected chi connectivity index (χ4v) is 3.71. The number of halogens is 2. The van der Waals surface area contributed by atoms with Crippen LogP contribution in [-0.4, -0.2) is 29.2 Å². The van der Waals surface area contributed by atoms with Crippen molar-refractivity contribution in [1.82, 2.24) is 9.27 Å². The van der Waals surface area contributed by atoms with Gasteiger partial charge in [0.15, 0.2) is 0 Å². The van der Waals surface area contributed by atoms with Crippen molar-refractivity contribution in [3.8, 4) is 28.1 Å². The summed E-state index contributed by atoms with van der Waals surface area (Å²) in [4.78, 5) is 6.49. The Morgan fingerprint density at radius 2 is 2.07 bits per heavy atom. The number of aryl methyl sites for hydroxylation is 1. The van der Waals surface area contributed by atoms with E-state index in [1.54, 1.807) is 30.6 Å². The summed E-state index contributed by atoms with van der Waals surface area (Å²) >= 11 is 7.46. The minimum atomic E-state index is -0.352. The van der Waals surface area contributed by atoms with E-state index in [4.69, 9.17) is 16.3 Å². The zero-order valence-electron chi connectivity index (χ0n) is 16.8. The normalized spacial score (nSPS) is 10.9. The van der Waals surface area contributed by atoms with Crippen molar-refractivity contribution in [2.24, 2.45) is 4.99 Å². The average molecular weight is 443 g/mol. The first kappa shape index (κ1) is 21.8. The Labute approximate surface area is 184 Å². The first-order valence-electron chi connectivity index (χ1n) is 9.31. The summed E-state index contributed by atoms with van der Waals surface area (Å²) < 4.78 is 23.4. The molecule has 0 aliphatic heterocycles. The molecule has 0 N–H and O–H groups in total. The molecule has 0 atom stereocenters. The van der Waals surface area contributed by atoms with Crippen LogP contribution in [0.3, 0.4) is 0 Å². The van der Waals surface area contributed by atoms with Gasteiger partial charge in [0.2, 0.25) is 5.06 Å². The number of hydrogen-bond donors (Lipinski definition) is 0. The van der Waals surface area contributed by atoms with E-state index in [2.05, 4.69) is 22.4 Å². The highest BCUT2D eigenvalue weighted by molar-refractivity contribution is 7.08. The Morgan fingerprint density at radius 3 is 2.73 bits per heavy atom. The molecule has 2 aromatic carbocycles. The highest BCUT2D eigenvalue weighted by Gasteiger charge is 2.19. The van der Waals surface area contributed by atoms with Crippen LogP contribution in [0, 0.1) is 24.1 Å². The quantitative estimate of drug-likeness (QED) is 0.306. The van der Waals surface area contributed by atoms with Crippen LogP contribution < -0.4 is 4.74 Å². The van der Waals surface area contributed by atoms with Crippen LogP contribution in [0.15, 0.2) is 41.4 Å². The summed E-state index contributed by atoms with van der Waals surface area (Å²) in [6.07, 6.45) is 2.81. The van der Waals surface area contributed by atoms with E-state index in [-0.39, 0.29) is 11.4 Å². The van der Waals surface area contributed by atoms with Gasteiger partial charge in [0, 0.05) is 30.7 Å². The molecule has 0 bridgehead atoms. The van der Waals surface area contributed by atoms with Crippen LogP contribution in [0.25, 0.3) is 11.3 Å². The molecule has 0 aliphatic rings. The van der Waals surface area contributed by atoms with E-state index >= 15 is 0 Å². The Hall–Kier alpha value is -2.95. The minimum Gasteiger partial charge on any atom is -0.442 e. The molecule has 154 valence electrons. The zero-order valence-corrected chi connectivity index (χ0v) is 18.4. The molecule has 1 aromatic heterocycles. The lowest BCUT2D eigenvalue weighted by atomic mass is 10.1. The molecule has 0 spiro atoms. The lowest BCUT2D eigenvalue weighted by molar-refractivity contribution is 0.495. The van der Waals surface area contributed by atoms with Gasteiger partial charge in [0.05, 0.1) is 17.0 Å². The number of rotatable bonds is 7. The van der Waals surface area contributed by atoms with Gasteiger partial charge in [-0.05, 0) is 55.3 Å². The monoisotopic (exact) mass is 442 g/mol. The molecule has 0 saturated carbocycles. The third kappa shape index (κ3) is 4.96. The predicted octanol–water partition coefficient (Wildman–Crippen LogP) is 6.58. The van der Waals surface area contributed by atoms with Gasteiger partial charge in [0.1, 0.15) is 28.9 Å². The SMILES string of the molecule is CCCN(C)C=Nc1cc(Cl)c(Oc2snc(-c3ccc(F)cc3)c2C#N)cc1C. The van der Waals surface area contributed by atoms with Crippen molar-refractivity contribution in [2.45, 2.75) is 20.3 Å². The van der Waals surface area contributed by atoms with Gasteiger partial charge < -0.3 is 9.64 Å². The van der Waals surface area contributed by atoms with Crippen molar-refractivity contribution in [3.05, 3.63) is 58.4 Å². The van der Waals surface area contributed by atoms with Gasteiger partial charge >= 0.3 is 0 Å². The van der Waals surface area contributed by atoms with E-state index in [1.165, 1.54) is 12.1 Å². The third-order valence-corrected chi connectivity index (χ3v) is 5.34. The van der Waals surface area contributed by atoms with Crippen LogP contribution in [-0.2, 0) is 0 Å². The Morgan fingerprint density at radius 1 is 1.33 bits per heavy atom. The summed E-state index contributed by atoms with van der Waals surface area (Å²) in [6.45, 7) is 4.93. The van der Waals surface area contributed by atoms with Crippen LogP contribution in [0.5, 0.6) is 10.8 Å². The van der Waals surface area contributed by atoms with Gasteiger partial charge in [-0.2, -0.15) is 9.64 Å². The lowest BCUT2D eigenvalue weighted by Crippen LogP contribution is -2.16. The molecular weight excluding hydrogens is 423 g/mol. The topological polar surface area (TPSA) is 61.5 Å². The Balaban J connectivity index is 1.87.